The first-order valence-corrected chi connectivity index (χ1v) is 7.23. The van der Waals surface area contributed by atoms with E-state index in [4.69, 9.17) is 11.6 Å². The largest absolute Gasteiger partial charge is 0.337 e. The SMILES string of the molecule is Cl.O=C(/C=C/c1ccc(F)cc1)N1CCN(CCCl)CC1. The normalized spacial score (nSPS) is 16.0. The molecule has 1 saturated heterocycles. The van der Waals surface area contributed by atoms with Crippen LogP contribution in [0.25, 0.3) is 6.08 Å². The molecule has 0 radical (unpaired) electrons. The molecule has 1 aromatic rings. The molecule has 0 spiro atoms. The molecule has 0 unspecified atom stereocenters. The molecule has 6 heteroatoms. The zero-order valence-corrected chi connectivity index (χ0v) is 13.2. The fraction of sp³-hybridized carbons (Fsp3) is 0.400. The Balaban J connectivity index is 0.00000220. The summed E-state index contributed by atoms with van der Waals surface area (Å²) in [5, 5.41) is 0. The number of hydrogen-bond acceptors (Lipinski definition) is 2. The predicted molar refractivity (Wildman–Crippen MR) is 86.4 cm³/mol. The van der Waals surface area contributed by atoms with Crippen LogP contribution in [-0.2, 0) is 4.79 Å². The number of carbonyl (C=O) groups is 1. The molecule has 0 atom stereocenters. The van der Waals surface area contributed by atoms with Gasteiger partial charge in [-0.05, 0) is 23.8 Å². The van der Waals surface area contributed by atoms with Gasteiger partial charge in [-0.15, -0.1) is 24.0 Å². The van der Waals surface area contributed by atoms with Gasteiger partial charge in [0.05, 0.1) is 0 Å². The van der Waals surface area contributed by atoms with E-state index in [-0.39, 0.29) is 24.1 Å². The van der Waals surface area contributed by atoms with Gasteiger partial charge >= 0.3 is 0 Å². The van der Waals surface area contributed by atoms with Gasteiger partial charge in [0.15, 0.2) is 0 Å². The van der Waals surface area contributed by atoms with E-state index in [1.165, 1.54) is 12.1 Å². The molecule has 1 aliphatic heterocycles. The van der Waals surface area contributed by atoms with Gasteiger partial charge in [-0.1, -0.05) is 12.1 Å². The number of nitrogens with zero attached hydrogens (tertiary/aromatic N) is 2. The van der Waals surface area contributed by atoms with Crippen LogP contribution in [0.2, 0.25) is 0 Å². The Hall–Kier alpha value is -1.10. The minimum absolute atomic E-state index is 0. The van der Waals surface area contributed by atoms with E-state index in [1.54, 1.807) is 24.3 Å². The van der Waals surface area contributed by atoms with E-state index in [0.717, 1.165) is 38.3 Å². The molecule has 0 aromatic heterocycles. The standard InChI is InChI=1S/C15H18ClFN2O.ClH/c16-7-8-18-9-11-19(12-10-18)15(20)6-3-13-1-4-14(17)5-2-13;/h1-6H,7-12H2;1H/b6-3+;. The first kappa shape index (κ1) is 18.0. The van der Waals surface area contributed by atoms with Gasteiger partial charge in [0, 0.05) is 44.7 Å². The smallest absolute Gasteiger partial charge is 0.246 e. The quantitative estimate of drug-likeness (QED) is 0.625. The molecule has 116 valence electrons. The van der Waals surface area contributed by atoms with Crippen molar-refractivity contribution in [2.75, 3.05) is 38.6 Å². The Morgan fingerprint density at radius 3 is 2.38 bits per heavy atom. The molecule has 0 bridgehead atoms. The number of benzene rings is 1. The lowest BCUT2D eigenvalue weighted by atomic mass is 10.2. The summed E-state index contributed by atoms with van der Waals surface area (Å²) in [7, 11) is 0. The minimum Gasteiger partial charge on any atom is -0.337 e. The van der Waals surface area contributed by atoms with Crippen LogP contribution in [0.15, 0.2) is 30.3 Å². The maximum absolute atomic E-state index is 12.8. The summed E-state index contributed by atoms with van der Waals surface area (Å²) in [5.74, 6) is 0.349. The molecular formula is C15H19Cl2FN2O. The first-order chi connectivity index (χ1) is 9.69. The summed E-state index contributed by atoms with van der Waals surface area (Å²) in [4.78, 5) is 16.1. The summed E-state index contributed by atoms with van der Waals surface area (Å²) >= 11 is 5.70. The van der Waals surface area contributed by atoms with Crippen LogP contribution in [0.4, 0.5) is 4.39 Å². The monoisotopic (exact) mass is 332 g/mol. The highest BCUT2D eigenvalue weighted by Gasteiger charge is 2.18. The molecule has 0 aliphatic carbocycles. The summed E-state index contributed by atoms with van der Waals surface area (Å²) in [6.07, 6.45) is 3.26. The maximum Gasteiger partial charge on any atom is 0.246 e. The average molecular weight is 333 g/mol. The maximum atomic E-state index is 12.8. The van der Waals surface area contributed by atoms with Crippen LogP contribution >= 0.6 is 24.0 Å². The fourth-order valence-electron chi connectivity index (χ4n) is 2.16. The summed E-state index contributed by atoms with van der Waals surface area (Å²) in [5.41, 5.74) is 0.820. The van der Waals surface area contributed by atoms with Gasteiger partial charge in [0.1, 0.15) is 5.82 Å². The molecule has 1 aromatic carbocycles. The van der Waals surface area contributed by atoms with Crippen molar-refractivity contribution in [3.05, 3.63) is 41.7 Å². The van der Waals surface area contributed by atoms with Crippen molar-refractivity contribution in [1.82, 2.24) is 9.80 Å². The minimum atomic E-state index is -0.274. The number of alkyl halides is 1. The van der Waals surface area contributed by atoms with Crippen LogP contribution in [0.1, 0.15) is 5.56 Å². The van der Waals surface area contributed by atoms with Crippen LogP contribution < -0.4 is 0 Å². The van der Waals surface area contributed by atoms with Gasteiger partial charge in [-0.3, -0.25) is 9.69 Å². The second kappa shape index (κ2) is 9.03. The molecule has 1 amide bonds. The first-order valence-electron chi connectivity index (χ1n) is 6.70. The van der Waals surface area contributed by atoms with Gasteiger partial charge in [0.2, 0.25) is 5.91 Å². The van der Waals surface area contributed by atoms with Crippen molar-refractivity contribution in [1.29, 1.82) is 0 Å². The number of halogens is 3. The number of rotatable bonds is 4. The summed E-state index contributed by atoms with van der Waals surface area (Å²) in [6, 6.07) is 6.07. The lowest BCUT2D eigenvalue weighted by Crippen LogP contribution is -2.48. The molecule has 1 heterocycles. The van der Waals surface area contributed by atoms with Crippen LogP contribution in [0.3, 0.4) is 0 Å². The highest BCUT2D eigenvalue weighted by atomic mass is 35.5. The number of piperazine rings is 1. The van der Waals surface area contributed by atoms with Crippen LogP contribution in [0, 0.1) is 5.82 Å². The van der Waals surface area contributed by atoms with Crippen LogP contribution in [-0.4, -0.2) is 54.3 Å². The molecule has 0 saturated carbocycles. The topological polar surface area (TPSA) is 23.6 Å². The Morgan fingerprint density at radius 2 is 1.81 bits per heavy atom. The average Bonchev–Trinajstić information content (AvgIpc) is 2.47. The molecule has 1 aliphatic rings. The summed E-state index contributed by atoms with van der Waals surface area (Å²) < 4.78 is 12.8. The molecule has 2 rings (SSSR count). The van der Waals surface area contributed by atoms with Crippen molar-refractivity contribution in [3.8, 4) is 0 Å². The molecule has 21 heavy (non-hydrogen) atoms. The van der Waals surface area contributed by atoms with Crippen molar-refractivity contribution >= 4 is 36.0 Å². The van der Waals surface area contributed by atoms with E-state index >= 15 is 0 Å². The molecular weight excluding hydrogens is 314 g/mol. The summed E-state index contributed by atoms with van der Waals surface area (Å²) in [6.45, 7) is 4.05. The number of carbonyl (C=O) groups excluding carboxylic acids is 1. The fourth-order valence-corrected chi connectivity index (χ4v) is 2.40. The Bertz CT molecular complexity index is 471. The number of hydrogen-bond donors (Lipinski definition) is 0. The second-order valence-electron chi connectivity index (χ2n) is 4.74. The molecule has 0 N–H and O–H groups in total. The van der Waals surface area contributed by atoms with Gasteiger partial charge < -0.3 is 4.90 Å². The number of amides is 1. The van der Waals surface area contributed by atoms with Crippen molar-refractivity contribution < 1.29 is 9.18 Å². The Labute approximate surface area is 135 Å². The van der Waals surface area contributed by atoms with Crippen molar-refractivity contribution in [3.63, 3.8) is 0 Å². The third-order valence-electron chi connectivity index (χ3n) is 3.37. The zero-order valence-electron chi connectivity index (χ0n) is 11.7. The molecule has 1 fully saturated rings. The van der Waals surface area contributed by atoms with Gasteiger partial charge in [0.25, 0.3) is 0 Å². The highest BCUT2D eigenvalue weighted by molar-refractivity contribution is 6.18. The Morgan fingerprint density at radius 1 is 1.19 bits per heavy atom. The predicted octanol–water partition coefficient (Wildman–Crippen LogP) is 2.64. The van der Waals surface area contributed by atoms with E-state index in [9.17, 15) is 9.18 Å². The van der Waals surface area contributed by atoms with Crippen molar-refractivity contribution in [2.45, 2.75) is 0 Å². The Kier molecular flexibility index (Phi) is 7.72. The van der Waals surface area contributed by atoms with Gasteiger partial charge in [-0.25, -0.2) is 4.39 Å². The van der Waals surface area contributed by atoms with E-state index < -0.39 is 0 Å². The zero-order chi connectivity index (χ0) is 14.4. The second-order valence-corrected chi connectivity index (χ2v) is 5.12. The lowest BCUT2D eigenvalue weighted by Gasteiger charge is -2.33. The van der Waals surface area contributed by atoms with Gasteiger partial charge in [-0.2, -0.15) is 0 Å². The van der Waals surface area contributed by atoms with Crippen molar-refractivity contribution in [2.24, 2.45) is 0 Å². The van der Waals surface area contributed by atoms with E-state index in [2.05, 4.69) is 4.90 Å². The lowest BCUT2D eigenvalue weighted by molar-refractivity contribution is -0.127. The molecule has 3 nitrogen and oxygen atoms in total. The highest BCUT2D eigenvalue weighted by Crippen LogP contribution is 2.07. The third kappa shape index (κ3) is 5.65. The van der Waals surface area contributed by atoms with E-state index in [1.807, 2.05) is 4.90 Å². The van der Waals surface area contributed by atoms with E-state index in [0.29, 0.717) is 5.88 Å². The van der Waals surface area contributed by atoms with Crippen LogP contribution in [0.5, 0.6) is 0 Å². The third-order valence-corrected chi connectivity index (χ3v) is 3.54.